The number of rotatable bonds is 4. The summed E-state index contributed by atoms with van der Waals surface area (Å²) < 4.78 is 4.77. The summed E-state index contributed by atoms with van der Waals surface area (Å²) in [4.78, 5) is 23.4. The van der Waals surface area contributed by atoms with Crippen LogP contribution in [0.25, 0.3) is 65.9 Å². The molecule has 3 heterocycles. The van der Waals surface area contributed by atoms with E-state index in [2.05, 4.69) is 114 Å². The molecule has 0 unspecified atom stereocenters. The van der Waals surface area contributed by atoms with Crippen LogP contribution in [-0.4, -0.2) is 28.0 Å². The van der Waals surface area contributed by atoms with E-state index < -0.39 is 5.97 Å². The number of pyridine rings is 3. The number of carbonyl (C=O) groups is 1. The smallest absolute Gasteiger partial charge is 0.543 e. The van der Waals surface area contributed by atoms with E-state index in [0.717, 1.165) is 33.5 Å². The van der Waals surface area contributed by atoms with Crippen molar-refractivity contribution in [1.82, 2.24) is 15.0 Å². The number of para-hydroxylation sites is 2. The van der Waals surface area contributed by atoms with Crippen LogP contribution in [0.4, 0.5) is 0 Å². The predicted molar refractivity (Wildman–Crippen MR) is 202 cm³/mol. The third-order valence-corrected chi connectivity index (χ3v) is 8.33. The maximum atomic E-state index is 10.2. The van der Waals surface area contributed by atoms with Gasteiger partial charge < -0.3 is 14.6 Å². The Labute approximate surface area is 314 Å². The average molecular weight is 853 g/mol. The number of aromatic nitrogens is 3. The van der Waals surface area contributed by atoms with Crippen molar-refractivity contribution in [3.63, 3.8) is 0 Å². The average Bonchev–Trinajstić information content (AvgIpc) is 3.21. The van der Waals surface area contributed by atoms with Crippen molar-refractivity contribution in [3.05, 3.63) is 182 Å². The number of aromatic carboxylic acids is 1. The Morgan fingerprint density at radius 1 is 0.538 bits per heavy atom. The minimum Gasteiger partial charge on any atom is -0.543 e. The summed E-state index contributed by atoms with van der Waals surface area (Å²) in [6.45, 7) is 0. The quantitative estimate of drug-likeness (QED) is 0.130. The van der Waals surface area contributed by atoms with Gasteiger partial charge >= 0.3 is 20.1 Å². The van der Waals surface area contributed by atoms with Crippen LogP contribution in [0, 0.1) is 12.1 Å². The van der Waals surface area contributed by atoms with Crippen LogP contribution in [0.3, 0.4) is 0 Å². The number of fused-ring (bicyclic) bond motifs is 6. The summed E-state index contributed by atoms with van der Waals surface area (Å²) in [5.41, 5.74) is 6.03. The minimum atomic E-state index is -1.28. The van der Waals surface area contributed by atoms with Crippen LogP contribution >= 0.6 is 0 Å². The first kappa shape index (κ1) is 35.6. The second-order valence-corrected chi connectivity index (χ2v) is 11.5. The van der Waals surface area contributed by atoms with Crippen LogP contribution in [-0.2, 0) is 20.1 Å². The zero-order valence-corrected chi connectivity index (χ0v) is 30.4. The van der Waals surface area contributed by atoms with Gasteiger partial charge in [0.2, 0.25) is 0 Å². The number of hydrogen-bond acceptors (Lipinski definition) is 6. The molecule has 9 rings (SSSR count). The molecular weight excluding hydrogens is 823 g/mol. The van der Waals surface area contributed by atoms with Gasteiger partial charge in [-0.1, -0.05) is 84.9 Å². The zero-order valence-electron chi connectivity index (χ0n) is 28.0. The second-order valence-electron chi connectivity index (χ2n) is 11.5. The number of hydrogen-bond donors (Lipinski definition) is 0. The molecule has 0 amide bonds. The molecule has 252 valence electrons. The van der Waals surface area contributed by atoms with E-state index in [0.29, 0.717) is 5.75 Å². The van der Waals surface area contributed by atoms with Crippen LogP contribution in [0.1, 0.15) is 10.5 Å². The summed E-state index contributed by atoms with van der Waals surface area (Å²) in [7, 11) is 1.48. The molecular formula is C45H30IrN3O3. The maximum absolute atomic E-state index is 10.2. The van der Waals surface area contributed by atoms with Gasteiger partial charge in [-0.25, -0.2) is 0 Å². The molecule has 3 aromatic heterocycles. The Morgan fingerprint density at radius 3 is 1.35 bits per heavy atom. The molecule has 0 saturated carbocycles. The van der Waals surface area contributed by atoms with Gasteiger partial charge in [0.15, 0.2) is 0 Å². The first-order valence-electron chi connectivity index (χ1n) is 16.3. The number of carboxylic acid groups (broad SMARTS) is 1. The van der Waals surface area contributed by atoms with Gasteiger partial charge in [-0.3, -0.25) is 15.0 Å². The van der Waals surface area contributed by atoms with Crippen molar-refractivity contribution in [2.45, 2.75) is 0 Å². The minimum absolute atomic E-state index is 0. The Bertz CT molecular complexity index is 2440. The molecule has 0 bridgehead atoms. The molecule has 0 spiro atoms. The van der Waals surface area contributed by atoms with E-state index in [1.165, 1.54) is 57.8 Å². The van der Waals surface area contributed by atoms with Crippen LogP contribution in [0.2, 0.25) is 0 Å². The van der Waals surface area contributed by atoms with Gasteiger partial charge in [0.05, 0.1) is 36.0 Å². The Balaban J connectivity index is 0.000000139. The van der Waals surface area contributed by atoms with Gasteiger partial charge in [0.25, 0.3) is 0 Å². The normalized spacial score (nSPS) is 10.4. The monoisotopic (exact) mass is 853 g/mol. The molecule has 0 aliphatic carbocycles. The molecule has 0 fully saturated rings. The van der Waals surface area contributed by atoms with Crippen molar-refractivity contribution in [3.8, 4) is 28.3 Å². The molecule has 0 aliphatic heterocycles. The van der Waals surface area contributed by atoms with E-state index in [-0.39, 0.29) is 25.8 Å². The van der Waals surface area contributed by atoms with Crippen molar-refractivity contribution < 1.29 is 34.7 Å². The fourth-order valence-corrected chi connectivity index (χ4v) is 5.92. The van der Waals surface area contributed by atoms with E-state index in [4.69, 9.17) is 14.7 Å². The van der Waals surface area contributed by atoms with Crippen molar-refractivity contribution >= 4 is 49.3 Å². The first-order valence-corrected chi connectivity index (χ1v) is 16.3. The Hall–Kier alpha value is -6.27. The molecule has 7 heteroatoms. The van der Waals surface area contributed by atoms with Crippen LogP contribution in [0.15, 0.2) is 164 Å². The van der Waals surface area contributed by atoms with Crippen molar-refractivity contribution in [1.29, 1.82) is 0 Å². The third-order valence-electron chi connectivity index (χ3n) is 8.33. The van der Waals surface area contributed by atoms with Gasteiger partial charge in [-0.05, 0) is 57.2 Å². The number of carbonyl (C=O) groups excluding carboxylic acids is 1. The van der Waals surface area contributed by atoms with Crippen molar-refractivity contribution in [2.75, 3.05) is 7.11 Å². The fourth-order valence-electron chi connectivity index (χ4n) is 5.92. The molecule has 0 aliphatic rings. The van der Waals surface area contributed by atoms with Crippen LogP contribution in [0.5, 0.6) is 5.75 Å². The van der Waals surface area contributed by atoms with Crippen LogP contribution < -0.4 is 9.84 Å². The molecule has 6 aromatic carbocycles. The van der Waals surface area contributed by atoms with Gasteiger partial charge in [-0.15, -0.1) is 71.8 Å². The van der Waals surface area contributed by atoms with E-state index in [9.17, 15) is 9.90 Å². The molecule has 9 aromatic rings. The Morgan fingerprint density at radius 2 is 0.962 bits per heavy atom. The first-order chi connectivity index (χ1) is 25.1. The summed E-state index contributed by atoms with van der Waals surface area (Å²) in [6, 6.07) is 58.8. The number of benzene rings is 6. The molecule has 52 heavy (non-hydrogen) atoms. The third kappa shape index (κ3) is 7.71. The standard InChI is InChI=1S/2C19H12N.C7H7NO3.Ir/c2*1-2-8-14(9-3-1)19-17-12-5-4-10-15(17)16-11-6-7-13-18(16)20-19;1-11-5-2-3-6(7(9)10)8-4-5;/h2*1-8,10-13H;2-4H,1H3,(H,9,10);/q2*-1;;+3/p-1. The predicted octanol–water partition coefficient (Wildman–Crippen LogP) is 9.16. The van der Waals surface area contributed by atoms with E-state index in [1.807, 2.05) is 48.5 Å². The van der Waals surface area contributed by atoms with Gasteiger partial charge in [-0.2, -0.15) is 0 Å². The topological polar surface area (TPSA) is 88.0 Å². The number of methoxy groups -OCH3 is 1. The summed E-state index contributed by atoms with van der Waals surface area (Å²) in [5.74, 6) is -0.761. The fraction of sp³-hybridized carbons (Fsp3) is 0.0222. The molecule has 0 atom stereocenters. The number of ether oxygens (including phenoxy) is 1. The largest absolute Gasteiger partial charge is 3.00 e. The van der Waals surface area contributed by atoms with Crippen molar-refractivity contribution in [2.24, 2.45) is 0 Å². The maximum Gasteiger partial charge on any atom is 3.00 e. The summed E-state index contributed by atoms with van der Waals surface area (Å²) in [5, 5.41) is 17.4. The molecule has 0 saturated heterocycles. The summed E-state index contributed by atoms with van der Waals surface area (Å²) >= 11 is 0. The molecule has 0 N–H and O–H groups in total. The number of nitrogens with zero attached hydrogens (tertiary/aromatic N) is 3. The van der Waals surface area contributed by atoms with E-state index >= 15 is 0 Å². The zero-order chi connectivity index (χ0) is 35.0. The second kappa shape index (κ2) is 16.6. The van der Waals surface area contributed by atoms with Gasteiger partial charge in [0.1, 0.15) is 5.75 Å². The van der Waals surface area contributed by atoms with Gasteiger partial charge in [0, 0.05) is 10.8 Å². The number of carboxylic acids is 1. The molecule has 6 nitrogen and oxygen atoms in total. The Kier molecular flexibility index (Phi) is 11.4. The SMILES string of the molecule is COc1ccc(C(=O)[O-])nc1.[Ir+3].[c-]1ccccc1-c1nc2ccccc2c2ccccc12.[c-]1ccccc1-c1nc2ccccc2c2ccccc12. The van der Waals surface area contributed by atoms with E-state index in [1.54, 1.807) is 0 Å². The molecule has 0 radical (unpaired) electrons. The summed E-state index contributed by atoms with van der Waals surface area (Å²) in [6.07, 6.45) is 1.32.